The molecule has 2 unspecified atom stereocenters. The van der Waals surface area contributed by atoms with Crippen molar-refractivity contribution in [2.45, 2.75) is 25.8 Å². The lowest BCUT2D eigenvalue weighted by Crippen LogP contribution is -2.49. The molecule has 2 atom stereocenters. The highest BCUT2D eigenvalue weighted by molar-refractivity contribution is 7.16. The summed E-state index contributed by atoms with van der Waals surface area (Å²) in [6.45, 7) is 2.76. The van der Waals surface area contributed by atoms with Crippen LogP contribution in [0.15, 0.2) is 24.7 Å². The van der Waals surface area contributed by atoms with E-state index in [4.69, 9.17) is 0 Å². The van der Waals surface area contributed by atoms with Crippen LogP contribution in [-0.4, -0.2) is 50.1 Å². The van der Waals surface area contributed by atoms with Gasteiger partial charge in [0.2, 0.25) is 0 Å². The molecule has 0 aromatic carbocycles. The van der Waals surface area contributed by atoms with Gasteiger partial charge < -0.3 is 10.0 Å². The lowest BCUT2D eigenvalue weighted by molar-refractivity contribution is 0.0362. The second-order valence-electron chi connectivity index (χ2n) is 5.47. The number of aliphatic hydroxyl groups excluding tert-OH is 1. The number of carbonyl (C=O) groups is 1. The van der Waals surface area contributed by atoms with Gasteiger partial charge in [-0.2, -0.15) is 0 Å². The van der Waals surface area contributed by atoms with Crippen molar-refractivity contribution in [3.05, 3.63) is 29.5 Å². The lowest BCUT2D eigenvalue weighted by atomic mass is 9.91. The molecular formula is C15H18N4O2S. The lowest BCUT2D eigenvalue weighted by Gasteiger charge is -2.38. The maximum atomic E-state index is 12.7. The van der Waals surface area contributed by atoms with Crippen LogP contribution in [0, 0.1) is 5.92 Å². The van der Waals surface area contributed by atoms with Gasteiger partial charge in [0, 0.05) is 18.9 Å². The van der Waals surface area contributed by atoms with Gasteiger partial charge in [0.05, 0.1) is 18.8 Å². The third-order valence-corrected chi connectivity index (χ3v) is 5.02. The number of carbonyl (C=O) groups excluding carboxylic acids is 1. The smallest absolute Gasteiger partial charge is 0.265 e. The van der Waals surface area contributed by atoms with E-state index in [9.17, 15) is 9.90 Å². The predicted molar refractivity (Wildman–Crippen MR) is 83.4 cm³/mol. The third-order valence-electron chi connectivity index (χ3n) is 4.04. The zero-order valence-electron chi connectivity index (χ0n) is 12.3. The maximum absolute atomic E-state index is 12.7. The Balaban J connectivity index is 1.82. The number of aliphatic hydroxyl groups is 1. The second-order valence-corrected chi connectivity index (χ2v) is 6.50. The van der Waals surface area contributed by atoms with Crippen LogP contribution in [0.25, 0.3) is 10.8 Å². The van der Waals surface area contributed by atoms with E-state index in [1.165, 1.54) is 11.3 Å². The molecule has 7 heteroatoms. The summed E-state index contributed by atoms with van der Waals surface area (Å²) in [7, 11) is 0. The van der Waals surface area contributed by atoms with Crippen LogP contribution >= 0.6 is 11.3 Å². The molecule has 116 valence electrons. The molecule has 0 spiro atoms. The molecule has 0 aliphatic carbocycles. The second kappa shape index (κ2) is 6.50. The number of likely N-dealkylation sites (tertiary alicyclic amines) is 1. The van der Waals surface area contributed by atoms with Gasteiger partial charge in [0.15, 0.2) is 10.8 Å². The van der Waals surface area contributed by atoms with E-state index < -0.39 is 0 Å². The minimum atomic E-state index is -0.111. The summed E-state index contributed by atoms with van der Waals surface area (Å²) < 4.78 is 0. The van der Waals surface area contributed by atoms with Crippen molar-refractivity contribution in [2.75, 3.05) is 13.2 Å². The van der Waals surface area contributed by atoms with Crippen molar-refractivity contribution in [1.82, 2.24) is 19.9 Å². The van der Waals surface area contributed by atoms with Crippen LogP contribution in [0.1, 0.15) is 29.4 Å². The molecule has 22 heavy (non-hydrogen) atoms. The molecule has 6 nitrogen and oxygen atoms in total. The molecule has 1 saturated heterocycles. The van der Waals surface area contributed by atoms with Crippen LogP contribution in [-0.2, 0) is 0 Å². The summed E-state index contributed by atoms with van der Waals surface area (Å²) in [5.41, 5.74) is 0. The molecule has 3 heterocycles. The topological polar surface area (TPSA) is 79.2 Å². The van der Waals surface area contributed by atoms with Gasteiger partial charge in [-0.1, -0.05) is 6.92 Å². The highest BCUT2D eigenvalue weighted by Crippen LogP contribution is 2.28. The zero-order chi connectivity index (χ0) is 15.5. The van der Waals surface area contributed by atoms with Crippen molar-refractivity contribution in [3.63, 3.8) is 0 Å². The van der Waals surface area contributed by atoms with Gasteiger partial charge in [-0.25, -0.2) is 15.0 Å². The predicted octanol–water partition coefficient (Wildman–Crippen LogP) is 1.83. The molecule has 1 fully saturated rings. The molecule has 3 rings (SSSR count). The fraction of sp³-hybridized carbons (Fsp3) is 0.467. The van der Waals surface area contributed by atoms with Crippen LogP contribution in [0.3, 0.4) is 0 Å². The Hall–Kier alpha value is -1.86. The van der Waals surface area contributed by atoms with Crippen molar-refractivity contribution < 1.29 is 9.90 Å². The van der Waals surface area contributed by atoms with Crippen LogP contribution in [0.5, 0.6) is 0 Å². The van der Waals surface area contributed by atoms with E-state index in [-0.39, 0.29) is 18.6 Å². The number of amides is 1. The minimum Gasteiger partial charge on any atom is -0.394 e. The summed E-state index contributed by atoms with van der Waals surface area (Å²) in [6, 6.07) is 1.63. The molecule has 1 amide bonds. The Morgan fingerprint density at radius 3 is 2.91 bits per heavy atom. The molecule has 1 aliphatic rings. The average Bonchev–Trinajstić information content (AvgIpc) is 3.05. The summed E-state index contributed by atoms with van der Waals surface area (Å²) >= 11 is 1.29. The number of rotatable bonds is 3. The number of hydrogen-bond acceptors (Lipinski definition) is 6. The molecular weight excluding hydrogens is 300 g/mol. The van der Waals surface area contributed by atoms with E-state index >= 15 is 0 Å². The molecule has 0 bridgehead atoms. The van der Waals surface area contributed by atoms with Gasteiger partial charge in [0.25, 0.3) is 5.91 Å². The Kier molecular flexibility index (Phi) is 4.44. The van der Waals surface area contributed by atoms with Crippen LogP contribution < -0.4 is 0 Å². The molecule has 1 N–H and O–H groups in total. The van der Waals surface area contributed by atoms with Crippen molar-refractivity contribution in [1.29, 1.82) is 0 Å². The monoisotopic (exact) mass is 318 g/mol. The normalized spacial score (nSPS) is 21.8. The third kappa shape index (κ3) is 2.86. The van der Waals surface area contributed by atoms with Gasteiger partial charge in [0.1, 0.15) is 4.88 Å². The summed E-state index contributed by atoms with van der Waals surface area (Å²) in [6.07, 6.45) is 6.89. The van der Waals surface area contributed by atoms with E-state index in [1.807, 2.05) is 0 Å². The van der Waals surface area contributed by atoms with Crippen molar-refractivity contribution >= 4 is 17.2 Å². The summed E-state index contributed by atoms with van der Waals surface area (Å²) in [4.78, 5) is 27.6. The standard InChI is InChI=1S/C15H18N4O2S/c1-10-4-2-7-19(11(10)9-20)15(21)12-8-18-14(22-12)13-16-5-3-6-17-13/h3,5-6,8,10-11,20H,2,4,7,9H2,1H3. The Morgan fingerprint density at radius 2 is 2.18 bits per heavy atom. The first kappa shape index (κ1) is 15.1. The average molecular weight is 318 g/mol. The molecule has 2 aromatic heterocycles. The fourth-order valence-electron chi connectivity index (χ4n) is 2.81. The molecule has 1 aliphatic heterocycles. The first-order valence-corrected chi connectivity index (χ1v) is 8.17. The Morgan fingerprint density at radius 1 is 1.41 bits per heavy atom. The number of piperidine rings is 1. The highest BCUT2D eigenvalue weighted by Gasteiger charge is 2.32. The Bertz CT molecular complexity index is 646. The SMILES string of the molecule is CC1CCCN(C(=O)c2cnc(-c3ncccn3)s2)C1CO. The van der Waals surface area contributed by atoms with Crippen LogP contribution in [0.2, 0.25) is 0 Å². The highest BCUT2D eigenvalue weighted by atomic mass is 32.1. The van der Waals surface area contributed by atoms with E-state index in [0.717, 1.165) is 12.8 Å². The quantitative estimate of drug-likeness (QED) is 0.934. The summed E-state index contributed by atoms with van der Waals surface area (Å²) in [5, 5.41) is 10.2. The van der Waals surface area contributed by atoms with Gasteiger partial charge in [-0.3, -0.25) is 4.79 Å². The number of aromatic nitrogens is 3. The zero-order valence-corrected chi connectivity index (χ0v) is 13.2. The van der Waals surface area contributed by atoms with Gasteiger partial charge in [-0.15, -0.1) is 11.3 Å². The van der Waals surface area contributed by atoms with Gasteiger partial charge >= 0.3 is 0 Å². The Labute approximate surface area is 132 Å². The summed E-state index contributed by atoms with van der Waals surface area (Å²) in [5.74, 6) is 0.773. The van der Waals surface area contributed by atoms with Crippen molar-refractivity contribution in [2.24, 2.45) is 5.92 Å². The first-order chi connectivity index (χ1) is 10.7. The fourth-order valence-corrected chi connectivity index (χ4v) is 3.63. The maximum Gasteiger partial charge on any atom is 0.265 e. The number of thiazole rings is 1. The minimum absolute atomic E-state index is 0.000361. The number of nitrogens with zero attached hydrogens (tertiary/aromatic N) is 4. The van der Waals surface area contributed by atoms with E-state index in [2.05, 4.69) is 21.9 Å². The molecule has 0 saturated carbocycles. The van der Waals surface area contributed by atoms with Crippen molar-refractivity contribution in [3.8, 4) is 10.8 Å². The van der Waals surface area contributed by atoms with E-state index in [0.29, 0.717) is 28.2 Å². The number of hydrogen-bond donors (Lipinski definition) is 1. The van der Waals surface area contributed by atoms with Crippen LogP contribution in [0.4, 0.5) is 0 Å². The molecule has 0 radical (unpaired) electrons. The van der Waals surface area contributed by atoms with E-state index in [1.54, 1.807) is 29.6 Å². The largest absolute Gasteiger partial charge is 0.394 e. The van der Waals surface area contributed by atoms with Gasteiger partial charge in [-0.05, 0) is 24.8 Å². The molecule has 2 aromatic rings. The first-order valence-electron chi connectivity index (χ1n) is 7.35.